The van der Waals surface area contributed by atoms with E-state index in [1.165, 1.54) is 0 Å². The molecular formula is C20H18N4O2. The van der Waals surface area contributed by atoms with E-state index >= 15 is 0 Å². The lowest BCUT2D eigenvalue weighted by molar-refractivity contribution is 0.0937. The van der Waals surface area contributed by atoms with Crippen LogP contribution in [0.1, 0.15) is 46.4 Å². The second-order valence-electron chi connectivity index (χ2n) is 6.50. The summed E-state index contributed by atoms with van der Waals surface area (Å²) in [5.74, 6) is -0.167. The Morgan fingerprint density at radius 2 is 2.19 bits per heavy atom. The number of H-pyrrole nitrogens is 1. The third-order valence-electron chi connectivity index (χ3n) is 5.01. The van der Waals surface area contributed by atoms with Crippen molar-refractivity contribution in [1.29, 1.82) is 5.26 Å². The number of amides is 1. The zero-order valence-corrected chi connectivity index (χ0v) is 14.4. The molecule has 1 unspecified atom stereocenters. The maximum Gasteiger partial charge on any atom is 0.326 e. The molecule has 1 amide bonds. The lowest BCUT2D eigenvalue weighted by Gasteiger charge is -2.14. The number of carbonyl (C=O) groups is 1. The molecule has 6 heteroatoms. The van der Waals surface area contributed by atoms with Crippen LogP contribution in [0.25, 0.3) is 11.0 Å². The number of benzene rings is 2. The van der Waals surface area contributed by atoms with E-state index in [1.54, 1.807) is 28.8 Å². The molecule has 4 rings (SSSR count). The predicted octanol–water partition coefficient (Wildman–Crippen LogP) is 2.64. The Labute approximate surface area is 150 Å². The van der Waals surface area contributed by atoms with Crippen LogP contribution >= 0.6 is 0 Å². The number of hydrogen-bond donors (Lipinski definition) is 2. The molecule has 0 fully saturated rings. The van der Waals surface area contributed by atoms with Gasteiger partial charge in [-0.25, -0.2) is 4.79 Å². The zero-order valence-electron chi connectivity index (χ0n) is 14.4. The van der Waals surface area contributed by atoms with Crippen molar-refractivity contribution in [1.82, 2.24) is 14.9 Å². The van der Waals surface area contributed by atoms with Crippen LogP contribution in [-0.2, 0) is 13.0 Å². The second kappa shape index (κ2) is 6.19. The normalized spacial score (nSPS) is 15.6. The highest BCUT2D eigenvalue weighted by atomic mass is 16.2. The van der Waals surface area contributed by atoms with Gasteiger partial charge < -0.3 is 10.3 Å². The fraction of sp³-hybridized carbons (Fsp3) is 0.250. The van der Waals surface area contributed by atoms with Gasteiger partial charge in [0.25, 0.3) is 5.91 Å². The SMILES string of the molecule is CCn1c(=O)[nH]c2cc(C(=O)NC3CCc4cc(C#N)ccc43)ccc21. The Morgan fingerprint density at radius 3 is 2.96 bits per heavy atom. The molecular weight excluding hydrogens is 328 g/mol. The standard InChI is InChI=1S/C20H18N4O2/c1-2-24-18-8-5-14(10-17(18)23-20(24)26)19(25)22-16-7-4-13-9-12(11-21)3-6-15(13)16/h3,5-6,8-10,16H,2,4,7H2,1H3,(H,22,25)(H,23,26). The second-order valence-corrected chi connectivity index (χ2v) is 6.50. The van der Waals surface area contributed by atoms with Gasteiger partial charge in [0.05, 0.1) is 28.7 Å². The first-order chi connectivity index (χ1) is 12.6. The van der Waals surface area contributed by atoms with Crippen molar-refractivity contribution in [2.24, 2.45) is 0 Å². The Balaban J connectivity index is 1.59. The van der Waals surface area contributed by atoms with Crippen LogP contribution in [0.2, 0.25) is 0 Å². The summed E-state index contributed by atoms with van der Waals surface area (Å²) < 4.78 is 1.64. The first-order valence-electron chi connectivity index (χ1n) is 8.67. The van der Waals surface area contributed by atoms with Crippen molar-refractivity contribution >= 4 is 16.9 Å². The van der Waals surface area contributed by atoms with Crippen molar-refractivity contribution in [2.75, 3.05) is 0 Å². The molecule has 0 radical (unpaired) electrons. The maximum atomic E-state index is 12.7. The Bertz CT molecular complexity index is 1120. The summed E-state index contributed by atoms with van der Waals surface area (Å²) in [5.41, 5.74) is 4.64. The van der Waals surface area contributed by atoms with Gasteiger partial charge in [-0.1, -0.05) is 6.07 Å². The molecule has 1 aliphatic rings. The van der Waals surface area contributed by atoms with E-state index < -0.39 is 0 Å². The van der Waals surface area contributed by atoms with Crippen LogP contribution in [0, 0.1) is 11.3 Å². The molecule has 1 aliphatic carbocycles. The number of aromatic amines is 1. The number of imidazole rings is 1. The lowest BCUT2D eigenvalue weighted by atomic mass is 10.0. The lowest BCUT2D eigenvalue weighted by Crippen LogP contribution is -2.27. The molecule has 0 saturated carbocycles. The van der Waals surface area contributed by atoms with Gasteiger partial charge in [-0.05, 0) is 61.2 Å². The third kappa shape index (κ3) is 2.58. The monoisotopic (exact) mass is 346 g/mol. The fourth-order valence-corrected chi connectivity index (χ4v) is 3.70. The van der Waals surface area contributed by atoms with Gasteiger partial charge in [0.2, 0.25) is 0 Å². The van der Waals surface area contributed by atoms with Gasteiger partial charge in [-0.15, -0.1) is 0 Å². The molecule has 0 saturated heterocycles. The number of aromatic nitrogens is 2. The summed E-state index contributed by atoms with van der Waals surface area (Å²) in [4.78, 5) is 27.4. The Hall–Kier alpha value is -3.33. The molecule has 1 atom stereocenters. The van der Waals surface area contributed by atoms with Crippen LogP contribution in [0.3, 0.4) is 0 Å². The van der Waals surface area contributed by atoms with Crippen molar-refractivity contribution in [3.63, 3.8) is 0 Å². The van der Waals surface area contributed by atoms with E-state index in [0.29, 0.717) is 23.2 Å². The van der Waals surface area contributed by atoms with E-state index in [9.17, 15) is 9.59 Å². The predicted molar refractivity (Wildman–Crippen MR) is 97.9 cm³/mol. The number of aryl methyl sites for hydroxylation is 2. The third-order valence-corrected chi connectivity index (χ3v) is 5.01. The summed E-state index contributed by atoms with van der Waals surface area (Å²) >= 11 is 0. The van der Waals surface area contributed by atoms with E-state index in [2.05, 4.69) is 16.4 Å². The average molecular weight is 346 g/mol. The van der Waals surface area contributed by atoms with E-state index in [4.69, 9.17) is 5.26 Å². The maximum absolute atomic E-state index is 12.7. The molecule has 2 aromatic carbocycles. The average Bonchev–Trinajstić information content (AvgIpc) is 3.19. The van der Waals surface area contributed by atoms with Gasteiger partial charge in [-0.3, -0.25) is 9.36 Å². The topological polar surface area (TPSA) is 90.7 Å². The first kappa shape index (κ1) is 16.2. The molecule has 0 bridgehead atoms. The molecule has 3 aromatic rings. The molecule has 1 aromatic heterocycles. The quantitative estimate of drug-likeness (QED) is 0.764. The van der Waals surface area contributed by atoms with Crippen molar-refractivity contribution in [3.05, 3.63) is 69.1 Å². The van der Waals surface area contributed by atoms with Crippen LogP contribution < -0.4 is 11.0 Å². The zero-order chi connectivity index (χ0) is 18.3. The van der Waals surface area contributed by atoms with Crippen LogP contribution in [0.4, 0.5) is 0 Å². The first-order valence-corrected chi connectivity index (χ1v) is 8.67. The molecule has 6 nitrogen and oxygen atoms in total. The molecule has 1 heterocycles. The Kier molecular flexibility index (Phi) is 3.85. The summed E-state index contributed by atoms with van der Waals surface area (Å²) in [6.07, 6.45) is 1.67. The highest BCUT2D eigenvalue weighted by Crippen LogP contribution is 2.32. The van der Waals surface area contributed by atoms with E-state index in [1.807, 2.05) is 19.1 Å². The van der Waals surface area contributed by atoms with Crippen molar-refractivity contribution in [3.8, 4) is 6.07 Å². The highest BCUT2D eigenvalue weighted by Gasteiger charge is 2.24. The summed E-state index contributed by atoms with van der Waals surface area (Å²) in [6, 6.07) is 13.0. The molecule has 0 aliphatic heterocycles. The molecule has 0 spiro atoms. The Morgan fingerprint density at radius 1 is 1.35 bits per heavy atom. The van der Waals surface area contributed by atoms with Crippen LogP contribution in [0.15, 0.2) is 41.2 Å². The number of nitrogens with one attached hydrogen (secondary N) is 2. The number of nitriles is 1. The minimum absolute atomic E-state index is 0.0553. The van der Waals surface area contributed by atoms with E-state index in [-0.39, 0.29) is 17.6 Å². The van der Waals surface area contributed by atoms with Gasteiger partial charge in [0.1, 0.15) is 0 Å². The number of rotatable bonds is 3. The molecule has 26 heavy (non-hydrogen) atoms. The van der Waals surface area contributed by atoms with Crippen LogP contribution in [-0.4, -0.2) is 15.5 Å². The van der Waals surface area contributed by atoms with Gasteiger partial charge in [0, 0.05) is 12.1 Å². The summed E-state index contributed by atoms with van der Waals surface area (Å²) in [7, 11) is 0. The number of carbonyl (C=O) groups excluding carboxylic acids is 1. The van der Waals surface area contributed by atoms with Crippen LogP contribution in [0.5, 0.6) is 0 Å². The smallest absolute Gasteiger partial charge is 0.326 e. The van der Waals surface area contributed by atoms with Gasteiger partial charge in [-0.2, -0.15) is 5.26 Å². The van der Waals surface area contributed by atoms with Crippen molar-refractivity contribution in [2.45, 2.75) is 32.4 Å². The minimum atomic E-state index is -0.168. The molecule has 2 N–H and O–H groups in total. The summed E-state index contributed by atoms with van der Waals surface area (Å²) in [5, 5.41) is 12.1. The highest BCUT2D eigenvalue weighted by molar-refractivity contribution is 5.97. The van der Waals surface area contributed by atoms with Gasteiger partial charge in [0.15, 0.2) is 0 Å². The van der Waals surface area contributed by atoms with Crippen molar-refractivity contribution < 1.29 is 4.79 Å². The minimum Gasteiger partial charge on any atom is -0.345 e. The summed E-state index contributed by atoms with van der Waals surface area (Å²) in [6.45, 7) is 2.48. The molecule has 130 valence electrons. The number of nitrogens with zero attached hydrogens (tertiary/aromatic N) is 2. The largest absolute Gasteiger partial charge is 0.345 e. The van der Waals surface area contributed by atoms with E-state index in [0.717, 1.165) is 29.5 Å². The number of fused-ring (bicyclic) bond motifs is 2. The number of hydrogen-bond acceptors (Lipinski definition) is 3. The van der Waals surface area contributed by atoms with Gasteiger partial charge >= 0.3 is 5.69 Å². The fourth-order valence-electron chi connectivity index (χ4n) is 3.70.